The Morgan fingerprint density at radius 2 is 2.00 bits per heavy atom. The zero-order chi connectivity index (χ0) is 13.7. The highest BCUT2D eigenvalue weighted by atomic mass is 35.5. The summed E-state index contributed by atoms with van der Waals surface area (Å²) in [5.74, 6) is 2.55. The molecule has 3 aliphatic rings. The number of rotatable bonds is 1. The molecule has 3 fully saturated rings. The lowest BCUT2D eigenvalue weighted by Crippen LogP contribution is -2.48. The number of anilines is 1. The average Bonchev–Trinajstić information content (AvgIpc) is 2.48. The molecule has 0 atom stereocenters. The first-order chi connectivity index (χ1) is 9.70. The Hall–Kier alpha value is -1.42. The average molecular weight is 289 g/mol. The fourth-order valence-corrected chi connectivity index (χ4v) is 3.87. The van der Waals surface area contributed by atoms with Crippen molar-refractivity contribution in [3.63, 3.8) is 0 Å². The van der Waals surface area contributed by atoms with Crippen LogP contribution in [0.25, 0.3) is 10.9 Å². The molecule has 2 aromatic heterocycles. The molecule has 5 rings (SSSR count). The highest BCUT2D eigenvalue weighted by Crippen LogP contribution is 2.37. The summed E-state index contributed by atoms with van der Waals surface area (Å²) in [6.45, 7) is 2.98. The SMILES string of the molecule is Cc1nc(Cl)c2cc(N3CC4CCC3CC4)ncc2n1. The number of piperidine rings is 2. The predicted molar refractivity (Wildman–Crippen MR) is 80.2 cm³/mol. The van der Waals surface area contributed by atoms with Gasteiger partial charge in [0.2, 0.25) is 0 Å². The van der Waals surface area contributed by atoms with E-state index in [-0.39, 0.29) is 0 Å². The second-order valence-corrected chi connectivity index (χ2v) is 6.31. The second-order valence-electron chi connectivity index (χ2n) is 5.95. The molecule has 1 saturated carbocycles. The van der Waals surface area contributed by atoms with Gasteiger partial charge in [-0.25, -0.2) is 15.0 Å². The molecule has 0 unspecified atom stereocenters. The van der Waals surface area contributed by atoms with Gasteiger partial charge in [0.15, 0.2) is 0 Å². The lowest BCUT2D eigenvalue weighted by molar-refractivity contribution is 0.251. The van der Waals surface area contributed by atoms with Crippen molar-refractivity contribution < 1.29 is 0 Å². The third-order valence-electron chi connectivity index (χ3n) is 4.64. The highest BCUT2D eigenvalue weighted by molar-refractivity contribution is 6.34. The molecule has 1 aliphatic carbocycles. The molecule has 0 radical (unpaired) electrons. The fraction of sp³-hybridized carbons (Fsp3) is 0.533. The number of halogens is 1. The van der Waals surface area contributed by atoms with Gasteiger partial charge in [-0.3, -0.25) is 0 Å². The van der Waals surface area contributed by atoms with E-state index in [1.807, 2.05) is 13.1 Å². The normalized spacial score (nSPS) is 25.4. The molecule has 0 aromatic carbocycles. The monoisotopic (exact) mass is 288 g/mol. The Labute approximate surface area is 123 Å². The van der Waals surface area contributed by atoms with Crippen molar-refractivity contribution in [3.05, 3.63) is 23.2 Å². The standard InChI is InChI=1S/C15H17ClN4/c1-9-18-13-7-17-14(6-12(13)15(16)19-9)20-8-10-2-4-11(20)5-3-10/h6-7,10-11H,2-5,8H2,1H3. The molecular weight excluding hydrogens is 272 g/mol. The molecule has 2 bridgehead atoms. The van der Waals surface area contributed by atoms with Gasteiger partial charge in [0.05, 0.1) is 11.7 Å². The predicted octanol–water partition coefficient (Wildman–Crippen LogP) is 3.37. The molecule has 2 aliphatic heterocycles. The number of hydrogen-bond acceptors (Lipinski definition) is 4. The number of aromatic nitrogens is 3. The zero-order valence-electron chi connectivity index (χ0n) is 11.5. The number of fused-ring (bicyclic) bond motifs is 4. The molecule has 20 heavy (non-hydrogen) atoms. The van der Waals surface area contributed by atoms with E-state index in [1.54, 1.807) is 0 Å². The van der Waals surface area contributed by atoms with E-state index >= 15 is 0 Å². The van der Waals surface area contributed by atoms with Crippen molar-refractivity contribution in [2.24, 2.45) is 5.92 Å². The molecule has 4 nitrogen and oxygen atoms in total. The van der Waals surface area contributed by atoms with Crippen LogP contribution in [0.2, 0.25) is 5.15 Å². The van der Waals surface area contributed by atoms with Crippen molar-refractivity contribution >= 4 is 28.3 Å². The quantitative estimate of drug-likeness (QED) is 0.755. The van der Waals surface area contributed by atoms with Gasteiger partial charge in [0.1, 0.15) is 16.8 Å². The zero-order valence-corrected chi connectivity index (χ0v) is 12.3. The van der Waals surface area contributed by atoms with Gasteiger partial charge in [-0.05, 0) is 44.6 Å². The summed E-state index contributed by atoms with van der Waals surface area (Å²) < 4.78 is 0. The largest absolute Gasteiger partial charge is 0.353 e. The van der Waals surface area contributed by atoms with Crippen LogP contribution in [0.1, 0.15) is 31.5 Å². The fourth-order valence-electron chi connectivity index (χ4n) is 3.60. The third-order valence-corrected chi connectivity index (χ3v) is 4.93. The summed E-state index contributed by atoms with van der Waals surface area (Å²) in [6.07, 6.45) is 7.16. The molecule has 0 spiro atoms. The van der Waals surface area contributed by atoms with Crippen LogP contribution in [0, 0.1) is 12.8 Å². The Balaban J connectivity index is 1.77. The van der Waals surface area contributed by atoms with E-state index in [9.17, 15) is 0 Å². The van der Waals surface area contributed by atoms with Gasteiger partial charge >= 0.3 is 0 Å². The lowest BCUT2D eigenvalue weighted by Gasteiger charge is -2.46. The van der Waals surface area contributed by atoms with Gasteiger partial charge in [-0.2, -0.15) is 0 Å². The molecular formula is C15H17ClN4. The molecule has 104 valence electrons. The Kier molecular flexibility index (Phi) is 2.81. The minimum Gasteiger partial charge on any atom is -0.353 e. The van der Waals surface area contributed by atoms with E-state index < -0.39 is 0 Å². The van der Waals surface area contributed by atoms with Gasteiger partial charge in [0.25, 0.3) is 0 Å². The lowest BCUT2D eigenvalue weighted by atomic mass is 9.80. The van der Waals surface area contributed by atoms with E-state index in [0.717, 1.165) is 29.2 Å². The Morgan fingerprint density at radius 1 is 1.20 bits per heavy atom. The van der Waals surface area contributed by atoms with Crippen LogP contribution < -0.4 is 4.90 Å². The Morgan fingerprint density at radius 3 is 2.70 bits per heavy atom. The van der Waals surface area contributed by atoms with E-state index in [1.165, 1.54) is 25.7 Å². The van der Waals surface area contributed by atoms with Crippen molar-refractivity contribution in [3.8, 4) is 0 Å². The summed E-state index contributed by atoms with van der Waals surface area (Å²) in [7, 11) is 0. The van der Waals surface area contributed by atoms with Gasteiger partial charge in [-0.1, -0.05) is 11.6 Å². The van der Waals surface area contributed by atoms with Crippen LogP contribution in [0.15, 0.2) is 12.3 Å². The first kappa shape index (κ1) is 12.3. The molecule has 2 aromatic rings. The van der Waals surface area contributed by atoms with Crippen LogP contribution in [0.5, 0.6) is 0 Å². The number of nitrogens with zero attached hydrogens (tertiary/aromatic N) is 4. The maximum atomic E-state index is 6.25. The van der Waals surface area contributed by atoms with E-state index in [0.29, 0.717) is 17.0 Å². The molecule has 5 heteroatoms. The summed E-state index contributed by atoms with van der Waals surface area (Å²) in [4.78, 5) is 15.7. The molecule has 0 amide bonds. The Bertz CT molecular complexity index is 664. The highest BCUT2D eigenvalue weighted by Gasteiger charge is 2.34. The van der Waals surface area contributed by atoms with Gasteiger partial charge in [0, 0.05) is 18.0 Å². The summed E-state index contributed by atoms with van der Waals surface area (Å²) in [5, 5.41) is 1.43. The molecule has 2 saturated heterocycles. The first-order valence-electron chi connectivity index (χ1n) is 7.27. The maximum Gasteiger partial charge on any atom is 0.140 e. The topological polar surface area (TPSA) is 41.9 Å². The van der Waals surface area contributed by atoms with Crippen molar-refractivity contribution in [2.45, 2.75) is 38.6 Å². The number of pyridine rings is 1. The summed E-state index contributed by atoms with van der Waals surface area (Å²) in [5.41, 5.74) is 0.827. The summed E-state index contributed by atoms with van der Waals surface area (Å²) in [6, 6.07) is 2.70. The molecule has 0 N–H and O–H groups in total. The van der Waals surface area contributed by atoms with Crippen LogP contribution in [-0.2, 0) is 0 Å². The van der Waals surface area contributed by atoms with Gasteiger partial charge < -0.3 is 4.90 Å². The van der Waals surface area contributed by atoms with Crippen molar-refractivity contribution in [1.82, 2.24) is 15.0 Å². The minimum absolute atomic E-state index is 0.526. The number of hydrogen-bond donors (Lipinski definition) is 0. The maximum absolute atomic E-state index is 6.25. The van der Waals surface area contributed by atoms with Crippen LogP contribution >= 0.6 is 11.6 Å². The van der Waals surface area contributed by atoms with E-state index in [4.69, 9.17) is 11.6 Å². The first-order valence-corrected chi connectivity index (χ1v) is 7.65. The van der Waals surface area contributed by atoms with Crippen molar-refractivity contribution in [2.75, 3.05) is 11.4 Å². The second kappa shape index (κ2) is 4.55. The van der Waals surface area contributed by atoms with Crippen molar-refractivity contribution in [1.29, 1.82) is 0 Å². The third kappa shape index (κ3) is 1.94. The van der Waals surface area contributed by atoms with Crippen LogP contribution in [0.4, 0.5) is 5.82 Å². The number of aryl methyl sites for hydroxylation is 1. The van der Waals surface area contributed by atoms with Gasteiger partial charge in [-0.15, -0.1) is 0 Å². The van der Waals surface area contributed by atoms with Crippen LogP contribution in [-0.4, -0.2) is 27.5 Å². The van der Waals surface area contributed by atoms with E-state index in [2.05, 4.69) is 25.9 Å². The molecule has 4 heterocycles. The summed E-state index contributed by atoms with van der Waals surface area (Å²) >= 11 is 6.25. The minimum atomic E-state index is 0.526. The van der Waals surface area contributed by atoms with Crippen LogP contribution in [0.3, 0.4) is 0 Å². The smallest absolute Gasteiger partial charge is 0.140 e.